The third-order valence-corrected chi connectivity index (χ3v) is 4.49. The zero-order valence-corrected chi connectivity index (χ0v) is 15.0. The van der Waals surface area contributed by atoms with Crippen LogP contribution in [0.1, 0.15) is 18.4 Å². The van der Waals surface area contributed by atoms with E-state index < -0.39 is 41.2 Å². The van der Waals surface area contributed by atoms with Crippen LogP contribution in [-0.4, -0.2) is 49.0 Å². The second-order valence-electron chi connectivity index (χ2n) is 6.46. The lowest BCUT2D eigenvalue weighted by Crippen LogP contribution is -2.49. The Kier molecular flexibility index (Phi) is 5.71. The molecule has 2 aliphatic heterocycles. The monoisotopic (exact) mass is 395 g/mol. The third-order valence-electron chi connectivity index (χ3n) is 4.49. The van der Waals surface area contributed by atoms with Gasteiger partial charge in [-0.15, -0.1) is 0 Å². The Morgan fingerprint density at radius 3 is 2.71 bits per heavy atom. The van der Waals surface area contributed by atoms with Gasteiger partial charge in [-0.3, -0.25) is 14.4 Å². The summed E-state index contributed by atoms with van der Waals surface area (Å²) in [4.78, 5) is 34.3. The van der Waals surface area contributed by atoms with Crippen molar-refractivity contribution in [3.8, 4) is 0 Å². The molecular weight excluding hydrogens is 376 g/mol. The van der Waals surface area contributed by atoms with E-state index in [1.807, 2.05) is 0 Å². The van der Waals surface area contributed by atoms with E-state index >= 15 is 0 Å². The lowest BCUT2D eigenvalue weighted by Gasteiger charge is -2.23. The molecule has 2 heterocycles. The van der Waals surface area contributed by atoms with Crippen LogP contribution in [0.5, 0.6) is 0 Å². The highest BCUT2D eigenvalue weighted by Crippen LogP contribution is 2.29. The van der Waals surface area contributed by atoms with Gasteiger partial charge in [0, 0.05) is 24.5 Å². The van der Waals surface area contributed by atoms with Crippen LogP contribution in [0.25, 0.3) is 0 Å². The highest BCUT2D eigenvalue weighted by molar-refractivity contribution is 6.06. The van der Waals surface area contributed by atoms with Crippen LogP contribution in [0, 0.1) is 11.6 Å². The predicted molar refractivity (Wildman–Crippen MR) is 93.0 cm³/mol. The van der Waals surface area contributed by atoms with E-state index in [2.05, 4.69) is 27.4 Å². The van der Waals surface area contributed by atoms with E-state index in [-0.39, 0.29) is 30.7 Å². The number of amides is 2. The molecule has 8 nitrogen and oxygen atoms in total. The maximum Gasteiger partial charge on any atom is 0.272 e. The van der Waals surface area contributed by atoms with Crippen LogP contribution in [0.4, 0.5) is 8.78 Å². The normalized spacial score (nSPS) is 26.3. The number of rotatable bonds is 6. The first-order chi connectivity index (χ1) is 13.4. The van der Waals surface area contributed by atoms with Crippen LogP contribution in [-0.2, 0) is 24.0 Å². The summed E-state index contributed by atoms with van der Waals surface area (Å²) >= 11 is 0. The molecule has 0 aliphatic carbocycles. The Morgan fingerprint density at radius 2 is 2.07 bits per heavy atom. The molecule has 3 atom stereocenters. The van der Waals surface area contributed by atoms with Crippen LogP contribution in [0.3, 0.4) is 0 Å². The number of nitrogens with zero attached hydrogens (tertiary/aromatic N) is 1. The molecule has 0 bridgehead atoms. The van der Waals surface area contributed by atoms with E-state index in [0.29, 0.717) is 0 Å². The quantitative estimate of drug-likeness (QED) is 0.553. The number of benzene rings is 1. The molecule has 0 spiro atoms. The third kappa shape index (κ3) is 4.02. The van der Waals surface area contributed by atoms with Crippen molar-refractivity contribution in [2.75, 3.05) is 13.7 Å². The fourth-order valence-electron chi connectivity index (χ4n) is 3.03. The van der Waals surface area contributed by atoms with Crippen molar-refractivity contribution in [1.82, 2.24) is 10.8 Å². The SMILES string of the molecule is C=C[C@]1(C(=O)N[C@@H]2CO[C@H](C(=O)NOC)C2)CC(c2cc(F)cc(F)c2)=NO1. The van der Waals surface area contributed by atoms with Crippen molar-refractivity contribution in [1.29, 1.82) is 0 Å². The van der Waals surface area contributed by atoms with Crippen LogP contribution < -0.4 is 10.8 Å². The van der Waals surface area contributed by atoms with Crippen molar-refractivity contribution in [2.24, 2.45) is 5.16 Å². The summed E-state index contributed by atoms with van der Waals surface area (Å²) in [5.74, 6) is -2.52. The number of hydrogen-bond acceptors (Lipinski definition) is 6. The van der Waals surface area contributed by atoms with Gasteiger partial charge in [0.25, 0.3) is 11.8 Å². The number of nitrogens with one attached hydrogen (secondary N) is 2. The first kappa shape index (κ1) is 19.9. The van der Waals surface area contributed by atoms with Crippen molar-refractivity contribution in [2.45, 2.75) is 30.6 Å². The van der Waals surface area contributed by atoms with E-state index in [1.165, 1.54) is 13.2 Å². The van der Waals surface area contributed by atoms with E-state index in [4.69, 9.17) is 9.57 Å². The molecule has 10 heteroatoms. The van der Waals surface area contributed by atoms with Gasteiger partial charge < -0.3 is 14.9 Å². The molecule has 0 aromatic heterocycles. The Bertz CT molecular complexity index is 811. The Balaban J connectivity index is 1.65. The summed E-state index contributed by atoms with van der Waals surface area (Å²) in [7, 11) is 1.31. The number of hydrogen-bond donors (Lipinski definition) is 2. The van der Waals surface area contributed by atoms with Crippen LogP contribution in [0.15, 0.2) is 36.0 Å². The first-order valence-corrected chi connectivity index (χ1v) is 8.47. The van der Waals surface area contributed by atoms with Gasteiger partial charge in [0.2, 0.25) is 5.60 Å². The topological polar surface area (TPSA) is 98.2 Å². The lowest BCUT2D eigenvalue weighted by atomic mass is 9.92. The molecule has 0 radical (unpaired) electrons. The standard InChI is InChI=1S/C18H19F2N3O5/c1-3-18(8-14(22-28-18)10-4-11(19)6-12(20)5-10)17(25)21-13-7-15(27-9-13)16(24)23-26-2/h3-6,13,15H,1,7-9H2,2H3,(H,21,25)(H,23,24)/t13-,15-,18+/m0/s1. The largest absolute Gasteiger partial charge is 0.374 e. The van der Waals surface area contributed by atoms with E-state index in [1.54, 1.807) is 0 Å². The number of carbonyl (C=O) groups is 2. The maximum atomic E-state index is 13.5. The summed E-state index contributed by atoms with van der Waals surface area (Å²) in [6, 6.07) is 2.51. The van der Waals surface area contributed by atoms with Gasteiger partial charge in [-0.25, -0.2) is 14.3 Å². The molecule has 1 aromatic rings. The Hall–Kier alpha value is -2.85. The first-order valence-electron chi connectivity index (χ1n) is 8.47. The highest BCUT2D eigenvalue weighted by Gasteiger charge is 2.46. The second kappa shape index (κ2) is 8.03. The predicted octanol–water partition coefficient (Wildman–Crippen LogP) is 0.965. The fraction of sp³-hybridized carbons (Fsp3) is 0.389. The maximum absolute atomic E-state index is 13.5. The second-order valence-corrected chi connectivity index (χ2v) is 6.46. The Morgan fingerprint density at radius 1 is 1.36 bits per heavy atom. The number of halogens is 2. The number of hydroxylamine groups is 1. The van der Waals surface area contributed by atoms with E-state index in [9.17, 15) is 18.4 Å². The van der Waals surface area contributed by atoms with Gasteiger partial charge in [0.05, 0.1) is 25.5 Å². The number of ether oxygens (including phenoxy) is 1. The van der Waals surface area contributed by atoms with Gasteiger partial charge >= 0.3 is 0 Å². The molecule has 2 N–H and O–H groups in total. The van der Waals surface area contributed by atoms with Crippen molar-refractivity contribution in [3.05, 3.63) is 48.1 Å². The number of oxime groups is 1. The average Bonchev–Trinajstić information content (AvgIpc) is 3.29. The molecule has 0 saturated carbocycles. The minimum absolute atomic E-state index is 0.0492. The zero-order valence-electron chi connectivity index (χ0n) is 15.0. The number of carbonyl (C=O) groups excluding carboxylic acids is 2. The van der Waals surface area contributed by atoms with Crippen molar-refractivity contribution >= 4 is 17.5 Å². The molecule has 1 saturated heterocycles. The molecule has 2 aliphatic rings. The molecule has 150 valence electrons. The minimum atomic E-state index is -1.52. The van der Waals surface area contributed by atoms with Crippen LogP contribution >= 0.6 is 0 Å². The van der Waals surface area contributed by atoms with Gasteiger partial charge in [0.1, 0.15) is 17.7 Å². The fourth-order valence-corrected chi connectivity index (χ4v) is 3.03. The molecule has 0 unspecified atom stereocenters. The lowest BCUT2D eigenvalue weighted by molar-refractivity contribution is -0.140. The molecule has 28 heavy (non-hydrogen) atoms. The molecule has 3 rings (SSSR count). The van der Waals surface area contributed by atoms with E-state index in [0.717, 1.165) is 18.2 Å². The van der Waals surface area contributed by atoms with Gasteiger partial charge in [-0.2, -0.15) is 0 Å². The highest BCUT2D eigenvalue weighted by atomic mass is 19.1. The summed E-state index contributed by atoms with van der Waals surface area (Å²) in [5.41, 5.74) is 1.04. The smallest absolute Gasteiger partial charge is 0.272 e. The van der Waals surface area contributed by atoms with Gasteiger partial charge in [0.15, 0.2) is 0 Å². The average molecular weight is 395 g/mol. The Labute approximate surface area is 159 Å². The summed E-state index contributed by atoms with van der Waals surface area (Å²) in [5, 5.41) is 6.55. The van der Waals surface area contributed by atoms with Gasteiger partial charge in [-0.1, -0.05) is 11.7 Å². The van der Waals surface area contributed by atoms with Crippen LogP contribution in [0.2, 0.25) is 0 Å². The molecule has 1 fully saturated rings. The molecule has 2 amide bonds. The summed E-state index contributed by atoms with van der Waals surface area (Å²) < 4.78 is 32.2. The van der Waals surface area contributed by atoms with Crippen molar-refractivity contribution < 1.29 is 32.8 Å². The summed E-state index contributed by atoms with van der Waals surface area (Å²) in [6.07, 6.45) is 0.722. The van der Waals surface area contributed by atoms with Gasteiger partial charge in [-0.05, 0) is 18.2 Å². The molecular formula is C18H19F2N3O5. The van der Waals surface area contributed by atoms with Crippen molar-refractivity contribution in [3.63, 3.8) is 0 Å². The summed E-state index contributed by atoms with van der Waals surface area (Å²) in [6.45, 7) is 3.75. The molecule has 1 aromatic carbocycles. The zero-order chi connectivity index (χ0) is 20.3. The minimum Gasteiger partial charge on any atom is -0.374 e.